The molecule has 0 radical (unpaired) electrons. The predicted molar refractivity (Wildman–Crippen MR) is 83.6 cm³/mol. The summed E-state index contributed by atoms with van der Waals surface area (Å²) in [4.78, 5) is 33.9. The van der Waals surface area contributed by atoms with E-state index < -0.39 is 35.2 Å². The van der Waals surface area contributed by atoms with Gasteiger partial charge in [0.05, 0.1) is 23.2 Å². The average Bonchev–Trinajstić information content (AvgIpc) is 2.58. The Bertz CT molecular complexity index is 697. The third kappa shape index (κ3) is 4.40. The van der Waals surface area contributed by atoms with Gasteiger partial charge in [-0.1, -0.05) is 0 Å². The number of hydrogen-bond acceptors (Lipinski definition) is 8. The monoisotopic (exact) mass is 351 g/mol. The molecule has 0 bridgehead atoms. The fourth-order valence-corrected chi connectivity index (χ4v) is 2.32. The van der Waals surface area contributed by atoms with Crippen LogP contribution in [0.3, 0.4) is 0 Å². The van der Waals surface area contributed by atoms with E-state index in [1.54, 1.807) is 6.92 Å². The zero-order valence-electron chi connectivity index (χ0n) is 13.3. The van der Waals surface area contributed by atoms with Crippen LogP contribution in [0, 0.1) is 10.1 Å². The molecule has 1 aromatic carbocycles. The summed E-state index contributed by atoms with van der Waals surface area (Å²) < 4.78 is 9.95. The van der Waals surface area contributed by atoms with Gasteiger partial charge in [-0.05, 0) is 25.1 Å². The van der Waals surface area contributed by atoms with Crippen LogP contribution in [0.25, 0.3) is 0 Å². The van der Waals surface area contributed by atoms with Crippen LogP contribution in [0.2, 0.25) is 0 Å². The number of carbonyl (C=O) groups is 2. The number of non-ortho nitro benzene ring substituents is 1. The van der Waals surface area contributed by atoms with Gasteiger partial charge in [0.15, 0.2) is 0 Å². The van der Waals surface area contributed by atoms with E-state index in [4.69, 9.17) is 9.47 Å². The van der Waals surface area contributed by atoms with Crippen molar-refractivity contribution < 1.29 is 34.2 Å². The minimum atomic E-state index is -1.40. The highest BCUT2D eigenvalue weighted by Crippen LogP contribution is 2.24. The Kier molecular flexibility index (Phi) is 5.84. The lowest BCUT2D eigenvalue weighted by atomic mass is 9.92. The second kappa shape index (κ2) is 7.86. The summed E-state index contributed by atoms with van der Waals surface area (Å²) in [5.74, 6) is -1.52. The van der Waals surface area contributed by atoms with E-state index in [9.17, 15) is 29.9 Å². The van der Waals surface area contributed by atoms with Crippen LogP contribution < -0.4 is 0 Å². The van der Waals surface area contributed by atoms with Crippen molar-refractivity contribution in [3.63, 3.8) is 0 Å². The number of nitro benzene ring substituents is 1. The van der Waals surface area contributed by atoms with Gasteiger partial charge in [-0.15, -0.1) is 0 Å². The molecule has 1 aliphatic carbocycles. The standard InChI is InChI=1S/C16H17NO8/c1-2-24-15(20)10-7-12(18)14(19)13(8-10)25-16(21)9-3-5-11(6-4-9)17(22)23/h3-6,8,12-14,18-19H,2,7H2,1H3/t12-,13-,14+/m0/s1. The number of hydrogen-bond donors (Lipinski definition) is 2. The van der Waals surface area contributed by atoms with Gasteiger partial charge in [-0.25, -0.2) is 9.59 Å². The van der Waals surface area contributed by atoms with Gasteiger partial charge in [-0.2, -0.15) is 0 Å². The van der Waals surface area contributed by atoms with Gasteiger partial charge in [0.1, 0.15) is 12.2 Å². The van der Waals surface area contributed by atoms with Crippen molar-refractivity contribution in [2.45, 2.75) is 31.7 Å². The minimum absolute atomic E-state index is 0.0314. The highest BCUT2D eigenvalue weighted by Gasteiger charge is 2.35. The molecule has 1 aliphatic rings. The summed E-state index contributed by atoms with van der Waals surface area (Å²) in [5, 5.41) is 30.4. The van der Waals surface area contributed by atoms with Crippen LogP contribution in [-0.4, -0.2) is 52.0 Å². The predicted octanol–water partition coefficient (Wildman–Crippen LogP) is 0.735. The molecule has 25 heavy (non-hydrogen) atoms. The lowest BCUT2D eigenvalue weighted by Crippen LogP contribution is -2.43. The van der Waals surface area contributed by atoms with Crippen molar-refractivity contribution in [3.8, 4) is 0 Å². The number of nitrogens with zero attached hydrogens (tertiary/aromatic N) is 1. The lowest BCUT2D eigenvalue weighted by molar-refractivity contribution is -0.384. The first-order valence-corrected chi connectivity index (χ1v) is 7.52. The van der Waals surface area contributed by atoms with E-state index in [1.165, 1.54) is 18.2 Å². The van der Waals surface area contributed by atoms with E-state index in [1.807, 2.05) is 0 Å². The molecule has 0 aliphatic heterocycles. The topological polar surface area (TPSA) is 136 Å². The Balaban J connectivity index is 2.15. The maximum absolute atomic E-state index is 12.1. The van der Waals surface area contributed by atoms with Crippen LogP contribution in [-0.2, 0) is 14.3 Å². The van der Waals surface area contributed by atoms with Crippen molar-refractivity contribution in [2.75, 3.05) is 6.61 Å². The van der Waals surface area contributed by atoms with Crippen molar-refractivity contribution >= 4 is 17.6 Å². The number of rotatable bonds is 5. The van der Waals surface area contributed by atoms with Gasteiger partial charge in [0.25, 0.3) is 5.69 Å². The largest absolute Gasteiger partial charge is 0.463 e. The lowest BCUT2D eigenvalue weighted by Gasteiger charge is -2.29. The van der Waals surface area contributed by atoms with E-state index >= 15 is 0 Å². The second-order valence-electron chi connectivity index (χ2n) is 5.35. The molecule has 3 atom stereocenters. The quantitative estimate of drug-likeness (QED) is 0.450. The molecule has 0 amide bonds. The first-order valence-electron chi connectivity index (χ1n) is 7.52. The summed E-state index contributed by atoms with van der Waals surface area (Å²) in [6.45, 7) is 1.76. The van der Waals surface area contributed by atoms with Crippen molar-refractivity contribution in [3.05, 3.63) is 51.6 Å². The molecule has 2 N–H and O–H groups in total. The molecule has 0 heterocycles. The van der Waals surface area contributed by atoms with Crippen LogP contribution in [0.5, 0.6) is 0 Å². The van der Waals surface area contributed by atoms with Gasteiger partial charge in [0, 0.05) is 24.1 Å². The maximum atomic E-state index is 12.1. The number of aliphatic hydroxyl groups is 2. The highest BCUT2D eigenvalue weighted by molar-refractivity contribution is 5.91. The summed E-state index contributed by atoms with van der Waals surface area (Å²) >= 11 is 0. The van der Waals surface area contributed by atoms with Crippen LogP contribution in [0.4, 0.5) is 5.69 Å². The van der Waals surface area contributed by atoms with E-state index in [-0.39, 0.29) is 29.9 Å². The fourth-order valence-electron chi connectivity index (χ4n) is 2.32. The van der Waals surface area contributed by atoms with Crippen molar-refractivity contribution in [1.29, 1.82) is 0 Å². The third-order valence-electron chi connectivity index (χ3n) is 3.62. The Morgan fingerprint density at radius 2 is 1.88 bits per heavy atom. The van der Waals surface area contributed by atoms with Gasteiger partial charge in [0.2, 0.25) is 0 Å². The van der Waals surface area contributed by atoms with Gasteiger partial charge in [-0.3, -0.25) is 10.1 Å². The molecule has 0 unspecified atom stereocenters. The molecule has 134 valence electrons. The molecular weight excluding hydrogens is 334 g/mol. The molecule has 0 saturated carbocycles. The van der Waals surface area contributed by atoms with Crippen LogP contribution in [0.15, 0.2) is 35.9 Å². The summed E-state index contributed by atoms with van der Waals surface area (Å²) in [5.41, 5.74) is -0.0562. The average molecular weight is 351 g/mol. The Labute approximate surface area is 142 Å². The molecule has 2 rings (SSSR count). The molecule has 9 nitrogen and oxygen atoms in total. The minimum Gasteiger partial charge on any atom is -0.463 e. The summed E-state index contributed by atoms with van der Waals surface area (Å²) in [7, 11) is 0. The van der Waals surface area contributed by atoms with Crippen molar-refractivity contribution in [1.82, 2.24) is 0 Å². The zero-order chi connectivity index (χ0) is 18.6. The molecular formula is C16H17NO8. The van der Waals surface area contributed by atoms with E-state index in [2.05, 4.69) is 0 Å². The molecule has 9 heteroatoms. The molecule has 0 aromatic heterocycles. The summed E-state index contributed by atoms with van der Waals surface area (Å²) in [6.07, 6.45) is -2.82. The summed E-state index contributed by atoms with van der Waals surface area (Å²) in [6, 6.07) is 4.70. The molecule has 0 spiro atoms. The maximum Gasteiger partial charge on any atom is 0.338 e. The number of carbonyl (C=O) groups excluding carboxylic acids is 2. The Morgan fingerprint density at radius 1 is 1.24 bits per heavy atom. The number of nitro groups is 1. The smallest absolute Gasteiger partial charge is 0.338 e. The van der Waals surface area contributed by atoms with E-state index in [0.717, 1.165) is 12.1 Å². The molecule has 1 aromatic rings. The number of esters is 2. The van der Waals surface area contributed by atoms with Gasteiger partial charge >= 0.3 is 11.9 Å². The van der Waals surface area contributed by atoms with Crippen LogP contribution >= 0.6 is 0 Å². The normalized spacial score (nSPS) is 22.7. The number of ether oxygens (including phenoxy) is 2. The first-order chi connectivity index (χ1) is 11.8. The second-order valence-corrected chi connectivity index (χ2v) is 5.35. The Hall–Kier alpha value is -2.78. The van der Waals surface area contributed by atoms with E-state index in [0.29, 0.717) is 0 Å². The fraction of sp³-hybridized carbons (Fsp3) is 0.375. The number of aliphatic hydroxyl groups excluding tert-OH is 2. The van der Waals surface area contributed by atoms with Crippen molar-refractivity contribution in [2.24, 2.45) is 0 Å². The zero-order valence-corrected chi connectivity index (χ0v) is 13.3. The number of benzene rings is 1. The highest BCUT2D eigenvalue weighted by atomic mass is 16.6. The third-order valence-corrected chi connectivity index (χ3v) is 3.62. The molecule has 0 saturated heterocycles. The SMILES string of the molecule is CCOC(=O)C1=C[C@H](OC(=O)c2ccc([N+](=O)[O-])cc2)[C@H](O)[C@@H](O)C1. The van der Waals surface area contributed by atoms with Crippen LogP contribution in [0.1, 0.15) is 23.7 Å². The first kappa shape index (κ1) is 18.6. The Morgan fingerprint density at radius 3 is 2.44 bits per heavy atom. The van der Waals surface area contributed by atoms with Gasteiger partial charge < -0.3 is 19.7 Å². The molecule has 0 fully saturated rings.